The van der Waals surface area contributed by atoms with Crippen molar-refractivity contribution in [3.63, 3.8) is 0 Å². The summed E-state index contributed by atoms with van der Waals surface area (Å²) in [7, 11) is 1.69. The maximum absolute atomic E-state index is 10.9. The number of nitrogens with zero attached hydrogens (tertiary/aromatic N) is 2. The average molecular weight is 275 g/mol. The van der Waals surface area contributed by atoms with Gasteiger partial charge in [0.1, 0.15) is 10.8 Å². The van der Waals surface area contributed by atoms with E-state index in [2.05, 4.69) is 10.3 Å². The number of nitrogens with one attached hydrogen (secondary N) is 1. The van der Waals surface area contributed by atoms with Gasteiger partial charge in [-0.1, -0.05) is 29.5 Å². The number of aromatic nitrogens is 1. The Morgan fingerprint density at radius 3 is 2.74 bits per heavy atom. The van der Waals surface area contributed by atoms with Gasteiger partial charge in [0, 0.05) is 18.0 Å². The first-order valence-electron chi connectivity index (χ1n) is 5.67. The van der Waals surface area contributed by atoms with Crippen molar-refractivity contribution in [1.82, 2.24) is 4.98 Å². The van der Waals surface area contributed by atoms with Gasteiger partial charge in [-0.15, -0.1) is 0 Å². The van der Waals surface area contributed by atoms with Crippen molar-refractivity contribution in [3.8, 4) is 0 Å². The quantitative estimate of drug-likeness (QED) is 0.683. The Hall–Kier alpha value is -2.08. The second kappa shape index (κ2) is 5.71. The van der Waals surface area contributed by atoms with Crippen molar-refractivity contribution in [3.05, 3.63) is 52.1 Å². The van der Waals surface area contributed by atoms with Crippen molar-refractivity contribution in [1.29, 1.82) is 0 Å². The van der Waals surface area contributed by atoms with Crippen LogP contribution in [0.5, 0.6) is 0 Å². The van der Waals surface area contributed by atoms with Gasteiger partial charge >= 0.3 is 0 Å². The predicted molar refractivity (Wildman–Crippen MR) is 75.7 cm³/mol. The Balaban J connectivity index is 2.34. The van der Waals surface area contributed by atoms with Crippen LogP contribution in [0.2, 0.25) is 0 Å². The molecule has 0 spiro atoms. The second-order valence-electron chi connectivity index (χ2n) is 3.97. The molecule has 0 radical (unpaired) electrons. The number of rotatable bonds is 4. The fourth-order valence-corrected chi connectivity index (χ4v) is 2.53. The minimum atomic E-state index is -0.414. The van der Waals surface area contributed by atoms with Crippen LogP contribution < -0.4 is 5.32 Å². The number of benzene rings is 1. The Kier molecular flexibility index (Phi) is 4.01. The zero-order chi connectivity index (χ0) is 13.8. The van der Waals surface area contributed by atoms with Crippen LogP contribution in [0, 0.1) is 17.0 Å². The maximum Gasteiger partial charge on any atom is 0.275 e. The van der Waals surface area contributed by atoms with E-state index in [1.165, 1.54) is 23.9 Å². The van der Waals surface area contributed by atoms with Gasteiger partial charge in [-0.2, -0.15) is 0 Å². The number of pyridine rings is 1. The first-order chi connectivity index (χ1) is 9.08. The molecular formula is C13H13N3O2S. The summed E-state index contributed by atoms with van der Waals surface area (Å²) in [6.07, 6.45) is 0. The molecule has 0 aliphatic heterocycles. The van der Waals surface area contributed by atoms with E-state index in [4.69, 9.17) is 0 Å². The van der Waals surface area contributed by atoms with E-state index in [1.807, 2.05) is 31.2 Å². The van der Waals surface area contributed by atoms with Gasteiger partial charge in [-0.05, 0) is 19.1 Å². The van der Waals surface area contributed by atoms with Crippen LogP contribution in [0.4, 0.5) is 11.5 Å². The Labute approximate surface area is 115 Å². The van der Waals surface area contributed by atoms with Crippen molar-refractivity contribution < 1.29 is 4.92 Å². The summed E-state index contributed by atoms with van der Waals surface area (Å²) in [5.41, 5.74) is 1.18. The van der Waals surface area contributed by atoms with Gasteiger partial charge in [0.2, 0.25) is 0 Å². The molecule has 0 amide bonds. The highest BCUT2D eigenvalue weighted by Crippen LogP contribution is 2.30. The van der Waals surface area contributed by atoms with Gasteiger partial charge < -0.3 is 5.32 Å². The zero-order valence-corrected chi connectivity index (χ0v) is 11.4. The van der Waals surface area contributed by atoms with Crippen LogP contribution in [-0.2, 0) is 0 Å². The van der Waals surface area contributed by atoms with Crippen LogP contribution >= 0.6 is 11.8 Å². The lowest BCUT2D eigenvalue weighted by molar-refractivity contribution is -0.385. The van der Waals surface area contributed by atoms with Crippen LogP contribution in [-0.4, -0.2) is 17.0 Å². The molecule has 2 rings (SSSR count). The number of hydrogen-bond acceptors (Lipinski definition) is 5. The predicted octanol–water partition coefficient (Wildman–Crippen LogP) is 3.49. The van der Waals surface area contributed by atoms with Crippen molar-refractivity contribution in [2.24, 2.45) is 0 Å². The number of nitro groups is 1. The minimum Gasteiger partial charge on any atom is -0.373 e. The van der Waals surface area contributed by atoms with Gasteiger partial charge in [0.15, 0.2) is 0 Å². The van der Waals surface area contributed by atoms with Gasteiger partial charge in [-0.3, -0.25) is 10.1 Å². The van der Waals surface area contributed by atoms with Crippen LogP contribution in [0.1, 0.15) is 5.56 Å². The van der Waals surface area contributed by atoms with Gasteiger partial charge in [0.25, 0.3) is 5.69 Å². The largest absolute Gasteiger partial charge is 0.373 e. The molecule has 1 heterocycles. The fourth-order valence-electron chi connectivity index (χ4n) is 1.58. The summed E-state index contributed by atoms with van der Waals surface area (Å²) in [6.45, 7) is 2.00. The Bertz CT molecular complexity index is 617. The minimum absolute atomic E-state index is 0.0366. The molecule has 2 aromatic rings. The molecule has 0 fully saturated rings. The molecule has 6 heteroatoms. The summed E-state index contributed by atoms with van der Waals surface area (Å²) >= 11 is 1.41. The zero-order valence-electron chi connectivity index (χ0n) is 10.6. The molecule has 1 aromatic carbocycles. The molecule has 0 atom stereocenters. The first kappa shape index (κ1) is 13.4. The molecule has 19 heavy (non-hydrogen) atoms. The monoisotopic (exact) mass is 275 g/mol. The molecule has 1 N–H and O–H groups in total. The molecule has 0 bridgehead atoms. The fraction of sp³-hybridized carbons (Fsp3) is 0.154. The van der Waals surface area contributed by atoms with E-state index < -0.39 is 4.92 Å². The first-order valence-corrected chi connectivity index (χ1v) is 6.49. The topological polar surface area (TPSA) is 68.1 Å². The number of anilines is 1. The second-order valence-corrected chi connectivity index (χ2v) is 5.07. The van der Waals surface area contributed by atoms with Crippen molar-refractivity contribution in [2.75, 3.05) is 12.4 Å². The lowest BCUT2D eigenvalue weighted by Gasteiger charge is -2.05. The highest BCUT2D eigenvalue weighted by Gasteiger charge is 2.11. The SMILES string of the molecule is CNc1cc([N+](=O)[O-])cc(Sc2cccc(C)c2)n1. The molecule has 1 aromatic heterocycles. The molecule has 0 aliphatic rings. The summed E-state index contributed by atoms with van der Waals surface area (Å²) in [5, 5.41) is 14.3. The number of hydrogen-bond donors (Lipinski definition) is 1. The third-order valence-corrected chi connectivity index (χ3v) is 3.37. The average Bonchev–Trinajstić information content (AvgIpc) is 2.38. The summed E-state index contributed by atoms with van der Waals surface area (Å²) in [4.78, 5) is 15.8. The molecular weight excluding hydrogens is 262 g/mol. The normalized spacial score (nSPS) is 10.2. The molecule has 0 saturated carbocycles. The van der Waals surface area contributed by atoms with E-state index in [0.717, 1.165) is 10.5 Å². The summed E-state index contributed by atoms with van der Waals surface area (Å²) in [5.74, 6) is 0.490. The van der Waals surface area contributed by atoms with E-state index in [0.29, 0.717) is 10.8 Å². The number of aryl methyl sites for hydroxylation is 1. The molecule has 0 unspecified atom stereocenters. The summed E-state index contributed by atoms with van der Waals surface area (Å²) in [6, 6.07) is 10.8. The smallest absolute Gasteiger partial charge is 0.275 e. The third kappa shape index (κ3) is 3.45. The van der Waals surface area contributed by atoms with Crippen LogP contribution in [0.15, 0.2) is 46.3 Å². The summed E-state index contributed by atoms with van der Waals surface area (Å²) < 4.78 is 0. The van der Waals surface area contributed by atoms with Crippen molar-refractivity contribution >= 4 is 23.3 Å². The van der Waals surface area contributed by atoms with E-state index >= 15 is 0 Å². The van der Waals surface area contributed by atoms with Gasteiger partial charge in [0.05, 0.1) is 11.0 Å². The lowest BCUT2D eigenvalue weighted by Crippen LogP contribution is -1.96. The third-order valence-electron chi connectivity index (χ3n) is 2.47. The molecule has 0 aliphatic carbocycles. The molecule has 5 nitrogen and oxygen atoms in total. The standard InChI is InChI=1S/C13H13N3O2S/c1-9-4-3-5-11(6-9)19-13-8-10(16(17)18)7-12(14-2)15-13/h3-8H,1-2H3,(H,14,15). The van der Waals surface area contributed by atoms with Crippen LogP contribution in [0.25, 0.3) is 0 Å². The van der Waals surface area contributed by atoms with Gasteiger partial charge in [-0.25, -0.2) is 4.98 Å². The highest BCUT2D eigenvalue weighted by molar-refractivity contribution is 7.99. The van der Waals surface area contributed by atoms with Crippen molar-refractivity contribution in [2.45, 2.75) is 16.8 Å². The highest BCUT2D eigenvalue weighted by atomic mass is 32.2. The Morgan fingerprint density at radius 1 is 1.32 bits per heavy atom. The Morgan fingerprint density at radius 2 is 2.11 bits per heavy atom. The van der Waals surface area contributed by atoms with E-state index in [-0.39, 0.29) is 5.69 Å². The lowest BCUT2D eigenvalue weighted by atomic mass is 10.2. The van der Waals surface area contributed by atoms with E-state index in [1.54, 1.807) is 7.05 Å². The van der Waals surface area contributed by atoms with E-state index in [9.17, 15) is 10.1 Å². The molecule has 98 valence electrons. The molecule has 0 saturated heterocycles. The maximum atomic E-state index is 10.9. The van der Waals surface area contributed by atoms with Crippen LogP contribution in [0.3, 0.4) is 0 Å².